The third kappa shape index (κ3) is 2.13. The molecule has 1 fully saturated rings. The number of rotatable bonds is 4. The summed E-state index contributed by atoms with van der Waals surface area (Å²) < 4.78 is 1.97. The van der Waals surface area contributed by atoms with E-state index in [2.05, 4.69) is 20.5 Å². The maximum Gasteiger partial charge on any atom is 0.291 e. The minimum Gasteiger partial charge on any atom is -0.353 e. The van der Waals surface area contributed by atoms with E-state index in [1.54, 1.807) is 0 Å². The SMILES string of the molecule is Cn1cccc1CNC(=O)c1n[nH]c(C2CC2)n1. The molecule has 18 heavy (non-hydrogen) atoms. The van der Waals surface area contributed by atoms with Gasteiger partial charge in [-0.05, 0) is 25.0 Å². The molecule has 0 unspecified atom stereocenters. The lowest BCUT2D eigenvalue weighted by Gasteiger charge is -2.03. The van der Waals surface area contributed by atoms with Crippen molar-refractivity contribution in [3.8, 4) is 0 Å². The number of nitrogens with one attached hydrogen (secondary N) is 2. The Morgan fingerprint density at radius 1 is 1.61 bits per heavy atom. The third-order valence-corrected chi connectivity index (χ3v) is 3.15. The Kier molecular flexibility index (Phi) is 2.62. The molecular formula is C12H15N5O. The number of aromatic amines is 1. The van der Waals surface area contributed by atoms with Gasteiger partial charge in [-0.25, -0.2) is 4.98 Å². The molecule has 0 aliphatic heterocycles. The van der Waals surface area contributed by atoms with Crippen LogP contribution in [0.2, 0.25) is 0 Å². The molecule has 6 nitrogen and oxygen atoms in total. The number of nitrogens with zero attached hydrogens (tertiary/aromatic N) is 3. The molecule has 2 aromatic heterocycles. The van der Waals surface area contributed by atoms with Crippen LogP contribution in [0.4, 0.5) is 0 Å². The fourth-order valence-electron chi connectivity index (χ4n) is 1.85. The summed E-state index contributed by atoms with van der Waals surface area (Å²) in [6.45, 7) is 0.482. The van der Waals surface area contributed by atoms with Crippen molar-refractivity contribution >= 4 is 5.91 Å². The van der Waals surface area contributed by atoms with Gasteiger partial charge in [-0.1, -0.05) is 0 Å². The molecule has 1 aliphatic rings. The lowest BCUT2D eigenvalue weighted by Crippen LogP contribution is -2.25. The van der Waals surface area contributed by atoms with E-state index in [1.807, 2.05) is 29.9 Å². The third-order valence-electron chi connectivity index (χ3n) is 3.15. The molecular weight excluding hydrogens is 230 g/mol. The van der Waals surface area contributed by atoms with Crippen molar-refractivity contribution in [3.63, 3.8) is 0 Å². The maximum absolute atomic E-state index is 11.8. The lowest BCUT2D eigenvalue weighted by atomic mass is 10.4. The van der Waals surface area contributed by atoms with Gasteiger partial charge in [0.05, 0.1) is 6.54 Å². The average molecular weight is 245 g/mol. The van der Waals surface area contributed by atoms with Gasteiger partial charge in [0.25, 0.3) is 5.91 Å². The van der Waals surface area contributed by atoms with E-state index in [0.717, 1.165) is 24.4 Å². The molecule has 2 N–H and O–H groups in total. The molecule has 2 aromatic rings. The van der Waals surface area contributed by atoms with E-state index in [4.69, 9.17) is 0 Å². The molecule has 0 aromatic carbocycles. The largest absolute Gasteiger partial charge is 0.353 e. The number of carbonyl (C=O) groups excluding carboxylic acids is 1. The lowest BCUT2D eigenvalue weighted by molar-refractivity contribution is 0.0940. The molecule has 6 heteroatoms. The number of carbonyl (C=O) groups is 1. The first-order valence-electron chi connectivity index (χ1n) is 6.05. The number of aryl methyl sites for hydroxylation is 1. The fourth-order valence-corrected chi connectivity index (χ4v) is 1.85. The number of amides is 1. The Hall–Kier alpha value is -2.11. The summed E-state index contributed by atoms with van der Waals surface area (Å²) in [4.78, 5) is 16.1. The van der Waals surface area contributed by atoms with Crippen LogP contribution >= 0.6 is 0 Å². The number of H-pyrrole nitrogens is 1. The van der Waals surface area contributed by atoms with Gasteiger partial charge in [-0.3, -0.25) is 9.89 Å². The van der Waals surface area contributed by atoms with Crippen LogP contribution in [-0.2, 0) is 13.6 Å². The van der Waals surface area contributed by atoms with Gasteiger partial charge in [-0.2, -0.15) is 0 Å². The van der Waals surface area contributed by atoms with Crippen molar-refractivity contribution in [1.29, 1.82) is 0 Å². The number of aromatic nitrogens is 4. The highest BCUT2D eigenvalue weighted by Gasteiger charge is 2.28. The standard InChI is InChI=1S/C12H15N5O/c1-17-6-2-3-9(17)7-13-12(18)11-14-10(15-16-11)8-4-5-8/h2-3,6,8H,4-5,7H2,1H3,(H,13,18)(H,14,15,16). The van der Waals surface area contributed by atoms with E-state index in [9.17, 15) is 4.79 Å². The van der Waals surface area contributed by atoms with E-state index in [0.29, 0.717) is 12.5 Å². The van der Waals surface area contributed by atoms with Crippen LogP contribution in [0.5, 0.6) is 0 Å². The predicted molar refractivity (Wildman–Crippen MR) is 64.9 cm³/mol. The minimum absolute atomic E-state index is 0.228. The molecule has 1 saturated carbocycles. The van der Waals surface area contributed by atoms with E-state index in [-0.39, 0.29) is 11.7 Å². The van der Waals surface area contributed by atoms with Gasteiger partial charge < -0.3 is 9.88 Å². The van der Waals surface area contributed by atoms with E-state index < -0.39 is 0 Å². The molecule has 0 atom stereocenters. The van der Waals surface area contributed by atoms with Gasteiger partial charge in [0.2, 0.25) is 5.82 Å². The van der Waals surface area contributed by atoms with Crippen LogP contribution in [0.25, 0.3) is 0 Å². The van der Waals surface area contributed by atoms with Crippen LogP contribution in [0.3, 0.4) is 0 Å². The van der Waals surface area contributed by atoms with Crippen LogP contribution in [-0.4, -0.2) is 25.7 Å². The monoisotopic (exact) mass is 245 g/mol. The Morgan fingerprint density at radius 3 is 3.11 bits per heavy atom. The first-order valence-corrected chi connectivity index (χ1v) is 6.05. The second-order valence-corrected chi connectivity index (χ2v) is 4.61. The Labute approximate surface area is 104 Å². The Bertz CT molecular complexity index is 567. The summed E-state index contributed by atoms with van der Waals surface area (Å²) in [5.41, 5.74) is 1.04. The molecule has 1 aliphatic carbocycles. The molecule has 2 heterocycles. The topological polar surface area (TPSA) is 75.6 Å². The molecule has 0 spiro atoms. The van der Waals surface area contributed by atoms with Crippen molar-refractivity contribution < 1.29 is 4.79 Å². The van der Waals surface area contributed by atoms with Crippen molar-refractivity contribution in [3.05, 3.63) is 35.7 Å². The second kappa shape index (κ2) is 4.29. The van der Waals surface area contributed by atoms with Gasteiger partial charge in [0.1, 0.15) is 5.82 Å². The zero-order chi connectivity index (χ0) is 12.5. The quantitative estimate of drug-likeness (QED) is 0.842. The van der Waals surface area contributed by atoms with Gasteiger partial charge in [0.15, 0.2) is 0 Å². The van der Waals surface area contributed by atoms with E-state index in [1.165, 1.54) is 0 Å². The summed E-state index contributed by atoms with van der Waals surface area (Å²) in [6, 6.07) is 3.91. The number of hydrogen-bond acceptors (Lipinski definition) is 3. The van der Waals surface area contributed by atoms with Gasteiger partial charge >= 0.3 is 0 Å². The fraction of sp³-hybridized carbons (Fsp3) is 0.417. The molecule has 0 bridgehead atoms. The average Bonchev–Trinajstić information content (AvgIpc) is 2.95. The normalized spacial score (nSPS) is 14.7. The van der Waals surface area contributed by atoms with E-state index >= 15 is 0 Å². The highest BCUT2D eigenvalue weighted by Crippen LogP contribution is 2.37. The summed E-state index contributed by atoms with van der Waals surface area (Å²) in [7, 11) is 1.94. The van der Waals surface area contributed by atoms with Crippen LogP contribution in [0.1, 0.15) is 40.9 Å². The molecule has 1 amide bonds. The summed E-state index contributed by atoms with van der Waals surface area (Å²) in [6.07, 6.45) is 4.22. The first-order chi connectivity index (χ1) is 8.74. The highest BCUT2D eigenvalue weighted by molar-refractivity contribution is 5.90. The second-order valence-electron chi connectivity index (χ2n) is 4.61. The summed E-state index contributed by atoms with van der Waals surface area (Å²) >= 11 is 0. The molecule has 94 valence electrons. The predicted octanol–water partition coefficient (Wildman–Crippen LogP) is 0.951. The summed E-state index contributed by atoms with van der Waals surface area (Å²) in [5, 5.41) is 9.58. The van der Waals surface area contributed by atoms with Gasteiger partial charge in [0, 0.05) is 24.9 Å². The van der Waals surface area contributed by atoms with Crippen molar-refractivity contribution in [1.82, 2.24) is 25.1 Å². The van der Waals surface area contributed by atoms with Crippen LogP contribution < -0.4 is 5.32 Å². The number of hydrogen-bond donors (Lipinski definition) is 2. The van der Waals surface area contributed by atoms with Crippen molar-refractivity contribution in [2.75, 3.05) is 0 Å². The summed E-state index contributed by atoms with van der Waals surface area (Å²) in [5.74, 6) is 1.30. The van der Waals surface area contributed by atoms with Crippen molar-refractivity contribution in [2.24, 2.45) is 7.05 Å². The maximum atomic E-state index is 11.8. The first kappa shape index (κ1) is 11.0. The Balaban J connectivity index is 1.62. The zero-order valence-corrected chi connectivity index (χ0v) is 10.2. The molecule has 3 rings (SSSR count). The molecule has 0 saturated heterocycles. The van der Waals surface area contributed by atoms with Crippen LogP contribution in [0.15, 0.2) is 18.3 Å². The van der Waals surface area contributed by atoms with Crippen LogP contribution in [0, 0.1) is 0 Å². The molecule has 0 radical (unpaired) electrons. The highest BCUT2D eigenvalue weighted by atomic mass is 16.2. The van der Waals surface area contributed by atoms with Crippen molar-refractivity contribution in [2.45, 2.75) is 25.3 Å². The minimum atomic E-state index is -0.237. The zero-order valence-electron chi connectivity index (χ0n) is 10.2. The Morgan fingerprint density at radius 2 is 2.44 bits per heavy atom. The van der Waals surface area contributed by atoms with Gasteiger partial charge in [-0.15, -0.1) is 5.10 Å². The smallest absolute Gasteiger partial charge is 0.291 e.